The van der Waals surface area contributed by atoms with Crippen molar-refractivity contribution in [1.29, 1.82) is 0 Å². The number of benzene rings is 2. The molecule has 5 rings (SSSR count). The van der Waals surface area contributed by atoms with E-state index in [9.17, 15) is 9.59 Å². The summed E-state index contributed by atoms with van der Waals surface area (Å²) in [5, 5.41) is 6.95. The second kappa shape index (κ2) is 14.5. The Bertz CT molecular complexity index is 991. The zero-order valence-corrected chi connectivity index (χ0v) is 22.7. The number of rotatable bonds is 15. The lowest BCUT2D eigenvalue weighted by Gasteiger charge is -2.47. The molecule has 2 aromatic carbocycles. The highest BCUT2D eigenvalue weighted by molar-refractivity contribution is 5.84. The number of nitrogens with one attached hydrogen (secondary N) is 2. The molecular formula is C32H46N4O2. The minimum atomic E-state index is -0.300. The molecule has 6 heteroatoms. The Morgan fingerprint density at radius 3 is 2.11 bits per heavy atom. The van der Waals surface area contributed by atoms with E-state index in [0.29, 0.717) is 24.3 Å². The fourth-order valence-corrected chi connectivity index (χ4v) is 6.70. The van der Waals surface area contributed by atoms with Gasteiger partial charge in [-0.25, -0.2) is 0 Å². The van der Waals surface area contributed by atoms with Gasteiger partial charge in [0.1, 0.15) is 0 Å². The Hall–Kier alpha value is -2.70. The van der Waals surface area contributed by atoms with Gasteiger partial charge in [-0.2, -0.15) is 0 Å². The number of carbonyl (C=O) groups is 2. The quantitative estimate of drug-likeness (QED) is 0.267. The van der Waals surface area contributed by atoms with E-state index in [1.807, 2.05) is 0 Å². The van der Waals surface area contributed by atoms with Crippen molar-refractivity contribution in [1.82, 2.24) is 10.6 Å². The number of amides is 2. The first kappa shape index (κ1) is 28.3. The average Bonchev–Trinajstić information content (AvgIpc) is 2.94. The topological polar surface area (TPSA) is 110 Å². The van der Waals surface area contributed by atoms with Crippen LogP contribution in [0.25, 0.3) is 0 Å². The number of nitrogens with two attached hydrogens (primary N) is 2. The molecule has 0 heterocycles. The second-order valence-corrected chi connectivity index (χ2v) is 11.5. The lowest BCUT2D eigenvalue weighted by Crippen LogP contribution is -2.60. The Morgan fingerprint density at radius 2 is 1.47 bits per heavy atom. The Morgan fingerprint density at radius 1 is 0.842 bits per heavy atom. The number of carbonyl (C=O) groups excluding carboxylic acids is 2. The third-order valence-corrected chi connectivity index (χ3v) is 8.82. The van der Waals surface area contributed by atoms with Crippen LogP contribution in [0, 0.1) is 23.7 Å². The number of hydrogen-bond donors (Lipinski definition) is 4. The van der Waals surface area contributed by atoms with Gasteiger partial charge in [-0.1, -0.05) is 67.1 Å². The van der Waals surface area contributed by atoms with E-state index in [1.165, 1.54) is 11.1 Å². The van der Waals surface area contributed by atoms with Crippen LogP contribution in [-0.2, 0) is 22.4 Å². The minimum absolute atomic E-state index is 0.00680. The van der Waals surface area contributed by atoms with Crippen molar-refractivity contribution >= 4 is 11.8 Å². The summed E-state index contributed by atoms with van der Waals surface area (Å²) in [4.78, 5) is 26.0. The fourth-order valence-electron chi connectivity index (χ4n) is 6.70. The van der Waals surface area contributed by atoms with Crippen molar-refractivity contribution in [2.75, 3.05) is 13.1 Å². The van der Waals surface area contributed by atoms with Crippen LogP contribution in [-0.4, -0.2) is 37.0 Å². The maximum atomic E-state index is 13.6. The predicted molar refractivity (Wildman–Crippen MR) is 153 cm³/mol. The summed E-state index contributed by atoms with van der Waals surface area (Å²) in [7, 11) is 0. The second-order valence-electron chi connectivity index (χ2n) is 11.5. The first-order chi connectivity index (χ1) is 18.5. The van der Waals surface area contributed by atoms with Gasteiger partial charge >= 0.3 is 0 Å². The van der Waals surface area contributed by atoms with Gasteiger partial charge in [0.05, 0.1) is 12.0 Å². The average molecular weight is 519 g/mol. The van der Waals surface area contributed by atoms with Crippen LogP contribution >= 0.6 is 0 Å². The molecule has 206 valence electrons. The highest BCUT2D eigenvalue weighted by atomic mass is 16.2. The van der Waals surface area contributed by atoms with Gasteiger partial charge in [0, 0.05) is 6.04 Å². The van der Waals surface area contributed by atoms with Gasteiger partial charge in [-0.15, -0.1) is 0 Å². The van der Waals surface area contributed by atoms with Crippen molar-refractivity contribution < 1.29 is 9.59 Å². The molecule has 0 aromatic heterocycles. The highest BCUT2D eigenvalue weighted by Crippen LogP contribution is 2.45. The summed E-state index contributed by atoms with van der Waals surface area (Å²) in [6.07, 6.45) is 9.78. The standard InChI is InChI=1S/C32H46N4O2/c33-20-8-7-13-28(32(38)36-30-27-18-16-26(17-19-27)29(30)31(34)37)35-22-25(21-24-11-5-2-6-12-24)15-14-23-9-3-1-4-10-23/h1-6,9-12,25-30,35H,7-8,13-22,33H2,(H2,34,37)(H,36,38)/t25?,26?,27?,28-,29?,30?/m0/s1. The first-order valence-electron chi connectivity index (χ1n) is 14.7. The molecule has 6 N–H and O–H groups in total. The van der Waals surface area contributed by atoms with Crippen molar-refractivity contribution in [3.05, 3.63) is 71.8 Å². The fraction of sp³-hybridized carbons (Fsp3) is 0.562. The number of unbranched alkanes of at least 4 members (excludes halogenated alkanes) is 1. The normalized spacial score (nSPS) is 24.0. The Balaban J connectivity index is 1.42. The molecule has 0 aliphatic heterocycles. The first-order valence-corrected chi connectivity index (χ1v) is 14.7. The molecule has 0 radical (unpaired) electrons. The summed E-state index contributed by atoms with van der Waals surface area (Å²) < 4.78 is 0. The molecule has 2 aromatic rings. The predicted octanol–water partition coefficient (Wildman–Crippen LogP) is 3.97. The Kier molecular flexibility index (Phi) is 10.8. The van der Waals surface area contributed by atoms with Crippen LogP contribution in [0.3, 0.4) is 0 Å². The lowest BCUT2D eigenvalue weighted by molar-refractivity contribution is -0.132. The molecule has 6 nitrogen and oxygen atoms in total. The van der Waals surface area contributed by atoms with E-state index in [0.717, 1.165) is 70.8 Å². The smallest absolute Gasteiger partial charge is 0.237 e. The van der Waals surface area contributed by atoms with Gasteiger partial charge in [0.25, 0.3) is 0 Å². The molecule has 2 amide bonds. The molecule has 4 atom stereocenters. The molecular weight excluding hydrogens is 472 g/mol. The molecule has 3 unspecified atom stereocenters. The van der Waals surface area contributed by atoms with Crippen molar-refractivity contribution in [2.24, 2.45) is 35.1 Å². The zero-order valence-electron chi connectivity index (χ0n) is 22.7. The van der Waals surface area contributed by atoms with Crippen LogP contribution in [0.2, 0.25) is 0 Å². The van der Waals surface area contributed by atoms with Gasteiger partial charge in [-0.3, -0.25) is 9.59 Å². The van der Waals surface area contributed by atoms with E-state index in [1.54, 1.807) is 0 Å². The van der Waals surface area contributed by atoms with Gasteiger partial charge in [0.15, 0.2) is 0 Å². The molecule has 3 fully saturated rings. The summed E-state index contributed by atoms with van der Waals surface area (Å²) in [5.41, 5.74) is 14.2. The summed E-state index contributed by atoms with van der Waals surface area (Å²) in [6.45, 7) is 1.39. The number of fused-ring (bicyclic) bond motifs is 3. The van der Waals surface area contributed by atoms with E-state index in [2.05, 4.69) is 71.3 Å². The third kappa shape index (κ3) is 7.90. The van der Waals surface area contributed by atoms with Crippen LogP contribution in [0.15, 0.2) is 60.7 Å². The number of hydrogen-bond acceptors (Lipinski definition) is 4. The molecule has 0 saturated heterocycles. The van der Waals surface area contributed by atoms with Gasteiger partial charge in [-0.05, 0) is 99.8 Å². The van der Waals surface area contributed by atoms with Crippen LogP contribution in [0.5, 0.6) is 0 Å². The van der Waals surface area contributed by atoms with Crippen LogP contribution < -0.4 is 22.1 Å². The van der Waals surface area contributed by atoms with Gasteiger partial charge < -0.3 is 22.1 Å². The molecule has 0 spiro atoms. The van der Waals surface area contributed by atoms with E-state index >= 15 is 0 Å². The monoisotopic (exact) mass is 518 g/mol. The molecule has 38 heavy (non-hydrogen) atoms. The van der Waals surface area contributed by atoms with E-state index in [4.69, 9.17) is 11.5 Å². The largest absolute Gasteiger partial charge is 0.369 e. The Labute approximate surface area is 228 Å². The van der Waals surface area contributed by atoms with Crippen molar-refractivity contribution in [3.63, 3.8) is 0 Å². The van der Waals surface area contributed by atoms with Gasteiger partial charge in [0.2, 0.25) is 11.8 Å². The number of aryl methyl sites for hydroxylation is 1. The molecule has 3 aliphatic carbocycles. The SMILES string of the molecule is NCCCC[C@H](NCC(CCc1ccccc1)Cc1ccccc1)C(=O)NC1C2CCC(CC2)C1C(N)=O. The van der Waals surface area contributed by atoms with Crippen LogP contribution in [0.4, 0.5) is 0 Å². The molecule has 3 saturated carbocycles. The summed E-state index contributed by atoms with van der Waals surface area (Å²) in [6, 6.07) is 20.8. The summed E-state index contributed by atoms with van der Waals surface area (Å²) in [5.74, 6) is 0.551. The van der Waals surface area contributed by atoms with Crippen molar-refractivity contribution in [3.8, 4) is 0 Å². The lowest BCUT2D eigenvalue weighted by atomic mass is 9.61. The van der Waals surface area contributed by atoms with E-state index in [-0.39, 0.29) is 29.8 Å². The van der Waals surface area contributed by atoms with Crippen LogP contribution in [0.1, 0.15) is 62.5 Å². The van der Waals surface area contributed by atoms with E-state index < -0.39 is 0 Å². The molecule has 2 bridgehead atoms. The number of primary amides is 1. The summed E-state index contributed by atoms with van der Waals surface area (Å²) >= 11 is 0. The maximum Gasteiger partial charge on any atom is 0.237 e. The zero-order chi connectivity index (χ0) is 26.7. The highest BCUT2D eigenvalue weighted by Gasteiger charge is 2.47. The minimum Gasteiger partial charge on any atom is -0.369 e. The molecule has 3 aliphatic rings. The third-order valence-electron chi connectivity index (χ3n) is 8.82. The maximum absolute atomic E-state index is 13.6. The van der Waals surface area contributed by atoms with Crippen molar-refractivity contribution in [2.45, 2.75) is 76.3 Å².